The Morgan fingerprint density at radius 1 is 1.50 bits per heavy atom. The standard InChI is InChI=1S/C9H9ClO3S/c1-3-7-6-8(10)4-5-9(7)13-14(2,11)12/h3-6H,1H2,2H3. The van der Waals surface area contributed by atoms with Crippen LogP contribution in [0.25, 0.3) is 6.08 Å². The van der Waals surface area contributed by atoms with Gasteiger partial charge in [-0.1, -0.05) is 24.3 Å². The zero-order valence-electron chi connectivity index (χ0n) is 7.53. The van der Waals surface area contributed by atoms with E-state index in [1.54, 1.807) is 12.1 Å². The molecule has 1 rings (SSSR count). The van der Waals surface area contributed by atoms with Gasteiger partial charge in [-0.2, -0.15) is 8.42 Å². The fourth-order valence-electron chi connectivity index (χ4n) is 0.918. The molecule has 0 unspecified atom stereocenters. The van der Waals surface area contributed by atoms with Crippen molar-refractivity contribution in [3.63, 3.8) is 0 Å². The summed E-state index contributed by atoms with van der Waals surface area (Å²) < 4.78 is 26.4. The molecular weight excluding hydrogens is 224 g/mol. The molecule has 0 spiro atoms. The Morgan fingerprint density at radius 3 is 2.64 bits per heavy atom. The van der Waals surface area contributed by atoms with Gasteiger partial charge < -0.3 is 4.18 Å². The normalized spacial score (nSPS) is 11.0. The van der Waals surface area contributed by atoms with Crippen molar-refractivity contribution in [2.75, 3.05) is 6.26 Å². The van der Waals surface area contributed by atoms with Crippen molar-refractivity contribution in [3.05, 3.63) is 35.4 Å². The predicted molar refractivity (Wildman–Crippen MR) is 57.0 cm³/mol. The maximum atomic E-state index is 10.9. The van der Waals surface area contributed by atoms with E-state index in [0.717, 1.165) is 6.26 Å². The molecule has 1 aromatic rings. The van der Waals surface area contributed by atoms with Crippen molar-refractivity contribution < 1.29 is 12.6 Å². The quantitative estimate of drug-likeness (QED) is 0.752. The van der Waals surface area contributed by atoms with Crippen LogP contribution in [0.15, 0.2) is 24.8 Å². The van der Waals surface area contributed by atoms with E-state index in [-0.39, 0.29) is 5.75 Å². The Bertz CT molecular complexity index is 451. The third kappa shape index (κ3) is 3.05. The highest BCUT2D eigenvalue weighted by Gasteiger charge is 2.07. The van der Waals surface area contributed by atoms with Crippen molar-refractivity contribution in [3.8, 4) is 5.75 Å². The summed E-state index contributed by atoms with van der Waals surface area (Å²) in [5.74, 6) is 0.229. The first-order chi connectivity index (χ1) is 6.42. The van der Waals surface area contributed by atoms with Gasteiger partial charge in [0, 0.05) is 10.6 Å². The first-order valence-electron chi connectivity index (χ1n) is 3.74. The Hall–Kier alpha value is -1.00. The highest BCUT2D eigenvalue weighted by Crippen LogP contribution is 2.24. The lowest BCUT2D eigenvalue weighted by Gasteiger charge is -2.06. The first-order valence-corrected chi connectivity index (χ1v) is 5.93. The molecule has 0 bridgehead atoms. The van der Waals surface area contributed by atoms with Crippen LogP contribution in [0.4, 0.5) is 0 Å². The smallest absolute Gasteiger partial charge is 0.306 e. The molecule has 0 radical (unpaired) electrons. The molecule has 0 amide bonds. The molecule has 0 fully saturated rings. The van der Waals surface area contributed by atoms with Crippen LogP contribution in [0.3, 0.4) is 0 Å². The summed E-state index contributed by atoms with van der Waals surface area (Å²) >= 11 is 5.71. The molecule has 0 aromatic heterocycles. The van der Waals surface area contributed by atoms with Crippen molar-refractivity contribution in [1.82, 2.24) is 0 Å². The summed E-state index contributed by atoms with van der Waals surface area (Å²) in [4.78, 5) is 0. The molecule has 0 aliphatic rings. The maximum absolute atomic E-state index is 10.9. The number of hydrogen-bond acceptors (Lipinski definition) is 3. The van der Waals surface area contributed by atoms with E-state index in [4.69, 9.17) is 15.8 Å². The lowest BCUT2D eigenvalue weighted by molar-refractivity contribution is 0.492. The van der Waals surface area contributed by atoms with E-state index < -0.39 is 10.1 Å². The van der Waals surface area contributed by atoms with Crippen LogP contribution in [0, 0.1) is 0 Å². The van der Waals surface area contributed by atoms with Gasteiger partial charge in [-0.05, 0) is 18.2 Å². The van der Waals surface area contributed by atoms with Gasteiger partial charge in [-0.15, -0.1) is 0 Å². The summed E-state index contributed by atoms with van der Waals surface area (Å²) in [5.41, 5.74) is 0.544. The molecular formula is C9H9ClO3S. The van der Waals surface area contributed by atoms with E-state index in [0.29, 0.717) is 10.6 Å². The summed E-state index contributed by atoms with van der Waals surface area (Å²) in [6.45, 7) is 3.53. The van der Waals surface area contributed by atoms with E-state index >= 15 is 0 Å². The number of rotatable bonds is 3. The maximum Gasteiger partial charge on any atom is 0.306 e. The van der Waals surface area contributed by atoms with Crippen LogP contribution in [0.1, 0.15) is 5.56 Å². The molecule has 0 saturated heterocycles. The molecule has 0 saturated carbocycles. The van der Waals surface area contributed by atoms with Crippen LogP contribution in [-0.2, 0) is 10.1 Å². The third-order valence-corrected chi connectivity index (χ3v) is 2.15. The average molecular weight is 233 g/mol. The molecule has 0 heterocycles. The number of benzene rings is 1. The number of halogens is 1. The molecule has 1 aromatic carbocycles. The minimum atomic E-state index is -3.51. The fourth-order valence-corrected chi connectivity index (χ4v) is 1.58. The molecule has 3 nitrogen and oxygen atoms in total. The van der Waals surface area contributed by atoms with Crippen LogP contribution < -0.4 is 4.18 Å². The SMILES string of the molecule is C=Cc1cc(Cl)ccc1OS(C)(=O)=O. The van der Waals surface area contributed by atoms with E-state index in [1.807, 2.05) is 0 Å². The van der Waals surface area contributed by atoms with Gasteiger partial charge in [0.25, 0.3) is 0 Å². The first kappa shape index (κ1) is 11.1. The Kier molecular flexibility index (Phi) is 3.18. The second kappa shape index (κ2) is 4.02. The lowest BCUT2D eigenvalue weighted by atomic mass is 10.2. The van der Waals surface area contributed by atoms with Gasteiger partial charge in [0.15, 0.2) is 0 Å². The third-order valence-electron chi connectivity index (χ3n) is 1.43. The summed E-state index contributed by atoms with van der Waals surface area (Å²) in [6, 6.07) is 4.62. The molecule has 14 heavy (non-hydrogen) atoms. The van der Waals surface area contributed by atoms with Crippen LogP contribution >= 0.6 is 11.6 Å². The molecule has 0 atom stereocenters. The average Bonchev–Trinajstić information content (AvgIpc) is 2.06. The van der Waals surface area contributed by atoms with Crippen molar-refractivity contribution in [2.24, 2.45) is 0 Å². The zero-order chi connectivity index (χ0) is 10.8. The Balaban J connectivity index is 3.15. The van der Waals surface area contributed by atoms with Crippen LogP contribution in [-0.4, -0.2) is 14.7 Å². The highest BCUT2D eigenvalue weighted by molar-refractivity contribution is 7.86. The van der Waals surface area contributed by atoms with Crippen molar-refractivity contribution in [2.45, 2.75) is 0 Å². The summed E-state index contributed by atoms with van der Waals surface area (Å²) in [5, 5.41) is 0.501. The zero-order valence-corrected chi connectivity index (χ0v) is 9.10. The molecule has 76 valence electrons. The van der Waals surface area contributed by atoms with E-state index in [1.165, 1.54) is 12.1 Å². The molecule has 5 heteroatoms. The van der Waals surface area contributed by atoms with E-state index in [2.05, 4.69) is 6.58 Å². The van der Waals surface area contributed by atoms with Crippen molar-refractivity contribution in [1.29, 1.82) is 0 Å². The largest absolute Gasteiger partial charge is 0.382 e. The van der Waals surface area contributed by atoms with Gasteiger partial charge in [-0.3, -0.25) is 0 Å². The predicted octanol–water partition coefficient (Wildman–Crippen LogP) is 2.32. The topological polar surface area (TPSA) is 43.4 Å². The second-order valence-corrected chi connectivity index (χ2v) is 4.69. The minimum absolute atomic E-state index is 0.229. The van der Waals surface area contributed by atoms with E-state index in [9.17, 15) is 8.42 Å². The summed E-state index contributed by atoms with van der Waals surface area (Å²) in [7, 11) is -3.51. The van der Waals surface area contributed by atoms with Gasteiger partial charge in [-0.25, -0.2) is 0 Å². The van der Waals surface area contributed by atoms with Crippen molar-refractivity contribution >= 4 is 27.8 Å². The van der Waals surface area contributed by atoms with Gasteiger partial charge in [0.05, 0.1) is 6.26 Å². The molecule has 0 aliphatic heterocycles. The second-order valence-electron chi connectivity index (χ2n) is 2.67. The van der Waals surface area contributed by atoms with Gasteiger partial charge in [0.2, 0.25) is 0 Å². The lowest BCUT2D eigenvalue weighted by Crippen LogP contribution is -2.06. The molecule has 0 aliphatic carbocycles. The number of hydrogen-bond donors (Lipinski definition) is 0. The minimum Gasteiger partial charge on any atom is -0.382 e. The summed E-state index contributed by atoms with van der Waals surface area (Å²) in [6.07, 6.45) is 2.46. The highest BCUT2D eigenvalue weighted by atomic mass is 35.5. The van der Waals surface area contributed by atoms with Crippen LogP contribution in [0.2, 0.25) is 5.02 Å². The monoisotopic (exact) mass is 232 g/mol. The van der Waals surface area contributed by atoms with Crippen LogP contribution in [0.5, 0.6) is 5.75 Å². The van der Waals surface area contributed by atoms with Gasteiger partial charge >= 0.3 is 10.1 Å². The Morgan fingerprint density at radius 2 is 2.14 bits per heavy atom. The fraction of sp³-hybridized carbons (Fsp3) is 0.111. The van der Waals surface area contributed by atoms with Gasteiger partial charge in [0.1, 0.15) is 5.75 Å². The molecule has 0 N–H and O–H groups in total. The Labute approximate surface area is 88.1 Å².